The third kappa shape index (κ3) is 4.64. The van der Waals surface area contributed by atoms with Gasteiger partial charge in [-0.1, -0.05) is 18.3 Å². The fraction of sp³-hybridized carbons (Fsp3) is 0.692. The van der Waals surface area contributed by atoms with E-state index in [1.165, 1.54) is 11.3 Å². The summed E-state index contributed by atoms with van der Waals surface area (Å²) in [5.41, 5.74) is 5.85. The minimum Gasteiger partial charge on any atom is -0.382 e. The lowest BCUT2D eigenvalue weighted by atomic mass is 10.3. The van der Waals surface area contributed by atoms with Crippen LogP contribution in [0.2, 0.25) is 0 Å². The third-order valence-corrected chi connectivity index (χ3v) is 3.93. The normalized spacial score (nSPS) is 12.5. The molecule has 0 spiro atoms. The highest BCUT2D eigenvalue weighted by Gasteiger charge is 2.19. The van der Waals surface area contributed by atoms with E-state index in [9.17, 15) is 4.79 Å². The first-order chi connectivity index (χ1) is 9.35. The molecule has 0 saturated carbocycles. The van der Waals surface area contributed by atoms with Gasteiger partial charge in [-0.3, -0.25) is 4.79 Å². The van der Waals surface area contributed by atoms with Crippen LogP contribution in [0.1, 0.15) is 29.9 Å². The zero-order valence-electron chi connectivity index (χ0n) is 12.9. The van der Waals surface area contributed by atoms with Crippen molar-refractivity contribution in [2.75, 3.05) is 44.9 Å². The highest BCUT2D eigenvalue weighted by molar-refractivity contribution is 7.18. The molecular weight excluding hydrogens is 274 g/mol. The van der Waals surface area contributed by atoms with E-state index in [-0.39, 0.29) is 11.9 Å². The lowest BCUT2D eigenvalue weighted by Gasteiger charge is -2.17. The van der Waals surface area contributed by atoms with E-state index < -0.39 is 0 Å². The van der Waals surface area contributed by atoms with E-state index in [1.54, 1.807) is 0 Å². The van der Waals surface area contributed by atoms with E-state index in [0.717, 1.165) is 24.6 Å². The molecule has 0 bridgehead atoms. The summed E-state index contributed by atoms with van der Waals surface area (Å²) in [4.78, 5) is 21.0. The molecule has 1 aromatic rings. The molecule has 1 rings (SSSR count). The van der Waals surface area contributed by atoms with Crippen molar-refractivity contribution in [3.8, 4) is 0 Å². The second-order valence-corrected chi connectivity index (χ2v) is 6.25. The first-order valence-corrected chi connectivity index (χ1v) is 7.59. The number of anilines is 2. The van der Waals surface area contributed by atoms with Gasteiger partial charge in [0, 0.05) is 26.2 Å². The van der Waals surface area contributed by atoms with Crippen LogP contribution < -0.4 is 16.0 Å². The van der Waals surface area contributed by atoms with E-state index in [2.05, 4.69) is 17.2 Å². The topological polar surface area (TPSA) is 74.5 Å². The molecule has 0 aliphatic rings. The van der Waals surface area contributed by atoms with Crippen LogP contribution in [0.15, 0.2) is 0 Å². The summed E-state index contributed by atoms with van der Waals surface area (Å²) >= 11 is 1.34. The molecule has 1 atom stereocenters. The summed E-state index contributed by atoms with van der Waals surface area (Å²) < 4.78 is 0. The number of rotatable bonds is 7. The van der Waals surface area contributed by atoms with Crippen molar-refractivity contribution < 1.29 is 4.79 Å². The van der Waals surface area contributed by atoms with Gasteiger partial charge in [0.05, 0.1) is 0 Å². The second kappa shape index (κ2) is 7.44. The van der Waals surface area contributed by atoms with Crippen LogP contribution in [0.25, 0.3) is 0 Å². The standard InChI is InChI=1S/C13H25N5OS/c1-6-7-18(5)13-16-11(14)10(20-13)12(19)15-9(2)8-17(3)4/h9H,6-8,14H2,1-5H3,(H,15,19). The van der Waals surface area contributed by atoms with Gasteiger partial charge in [0.1, 0.15) is 10.7 Å². The molecule has 1 amide bonds. The van der Waals surface area contributed by atoms with E-state index in [0.29, 0.717) is 10.7 Å². The molecule has 7 heteroatoms. The summed E-state index contributed by atoms with van der Waals surface area (Å²) in [6, 6.07) is 0.0656. The van der Waals surface area contributed by atoms with Crippen LogP contribution in [0.5, 0.6) is 0 Å². The largest absolute Gasteiger partial charge is 0.382 e. The Kier molecular flexibility index (Phi) is 6.22. The molecule has 0 fully saturated rings. The number of likely N-dealkylation sites (N-methyl/N-ethyl adjacent to an activating group) is 1. The maximum absolute atomic E-state index is 12.2. The molecule has 0 aliphatic heterocycles. The molecule has 1 aromatic heterocycles. The predicted octanol–water partition coefficient (Wildman–Crippen LogP) is 1.25. The van der Waals surface area contributed by atoms with Gasteiger partial charge < -0.3 is 20.9 Å². The Labute approximate surface area is 125 Å². The van der Waals surface area contributed by atoms with E-state index in [1.807, 2.05) is 37.9 Å². The third-order valence-electron chi connectivity index (χ3n) is 2.75. The van der Waals surface area contributed by atoms with Crippen LogP contribution >= 0.6 is 11.3 Å². The minimum atomic E-state index is -0.148. The fourth-order valence-corrected chi connectivity index (χ4v) is 2.84. The minimum absolute atomic E-state index is 0.0656. The molecule has 1 unspecified atom stereocenters. The Hall–Kier alpha value is -1.34. The molecule has 20 heavy (non-hydrogen) atoms. The van der Waals surface area contributed by atoms with Crippen molar-refractivity contribution in [1.29, 1.82) is 0 Å². The van der Waals surface area contributed by atoms with Crippen LogP contribution in [-0.4, -0.2) is 56.1 Å². The molecule has 0 radical (unpaired) electrons. The quantitative estimate of drug-likeness (QED) is 0.792. The number of nitrogens with two attached hydrogens (primary N) is 1. The molecule has 1 heterocycles. The second-order valence-electron chi connectivity index (χ2n) is 5.27. The Morgan fingerprint density at radius 2 is 2.10 bits per heavy atom. The van der Waals surface area contributed by atoms with Gasteiger partial charge in [-0.15, -0.1) is 0 Å². The number of nitrogens with zero attached hydrogens (tertiary/aromatic N) is 3. The fourth-order valence-electron chi connectivity index (χ4n) is 1.96. The summed E-state index contributed by atoms with van der Waals surface area (Å²) in [6.45, 7) is 5.75. The van der Waals surface area contributed by atoms with Gasteiger partial charge in [0.2, 0.25) is 0 Å². The van der Waals surface area contributed by atoms with Gasteiger partial charge in [-0.25, -0.2) is 4.98 Å². The van der Waals surface area contributed by atoms with Crippen molar-refractivity contribution in [3.05, 3.63) is 4.88 Å². The molecule has 0 saturated heterocycles. The Morgan fingerprint density at radius 1 is 1.45 bits per heavy atom. The number of hydrogen-bond acceptors (Lipinski definition) is 6. The summed E-state index contributed by atoms with van der Waals surface area (Å²) in [5, 5.41) is 3.73. The maximum atomic E-state index is 12.2. The maximum Gasteiger partial charge on any atom is 0.265 e. The smallest absolute Gasteiger partial charge is 0.265 e. The SMILES string of the molecule is CCCN(C)c1nc(N)c(C(=O)NC(C)CN(C)C)s1. The Bertz CT molecular complexity index is 446. The number of hydrogen-bond donors (Lipinski definition) is 2. The van der Waals surface area contributed by atoms with E-state index >= 15 is 0 Å². The van der Waals surface area contributed by atoms with Crippen molar-refractivity contribution in [3.63, 3.8) is 0 Å². The molecule has 114 valence electrons. The first-order valence-electron chi connectivity index (χ1n) is 6.78. The monoisotopic (exact) mass is 299 g/mol. The summed E-state index contributed by atoms with van der Waals surface area (Å²) in [6.07, 6.45) is 1.03. The first kappa shape index (κ1) is 16.7. The van der Waals surface area contributed by atoms with Crippen molar-refractivity contribution >= 4 is 28.2 Å². The lowest BCUT2D eigenvalue weighted by Crippen LogP contribution is -2.39. The predicted molar refractivity (Wildman–Crippen MR) is 85.6 cm³/mol. The molecule has 0 aliphatic carbocycles. The van der Waals surface area contributed by atoms with Gasteiger partial charge >= 0.3 is 0 Å². The molecule has 3 N–H and O–H groups in total. The number of aromatic nitrogens is 1. The van der Waals surface area contributed by atoms with Crippen molar-refractivity contribution in [2.45, 2.75) is 26.3 Å². The average Bonchev–Trinajstić information content (AvgIpc) is 2.70. The molecular formula is C13H25N5OS. The highest BCUT2D eigenvalue weighted by Crippen LogP contribution is 2.27. The van der Waals surface area contributed by atoms with Crippen LogP contribution in [0.3, 0.4) is 0 Å². The van der Waals surface area contributed by atoms with Gasteiger partial charge in [-0.2, -0.15) is 0 Å². The van der Waals surface area contributed by atoms with Gasteiger partial charge in [0.15, 0.2) is 5.13 Å². The number of carbonyl (C=O) groups is 1. The lowest BCUT2D eigenvalue weighted by molar-refractivity contribution is 0.0939. The summed E-state index contributed by atoms with van der Waals surface area (Å²) in [7, 11) is 5.90. The number of nitrogen functional groups attached to an aromatic ring is 1. The number of amides is 1. The highest BCUT2D eigenvalue weighted by atomic mass is 32.1. The van der Waals surface area contributed by atoms with Crippen LogP contribution in [0.4, 0.5) is 10.9 Å². The number of thiazole rings is 1. The van der Waals surface area contributed by atoms with Gasteiger partial charge in [0.25, 0.3) is 5.91 Å². The molecule has 0 aromatic carbocycles. The summed E-state index contributed by atoms with van der Waals surface area (Å²) in [5.74, 6) is 0.160. The number of nitrogens with one attached hydrogen (secondary N) is 1. The van der Waals surface area contributed by atoms with Crippen LogP contribution in [0, 0.1) is 0 Å². The van der Waals surface area contributed by atoms with E-state index in [4.69, 9.17) is 5.73 Å². The van der Waals surface area contributed by atoms with Crippen molar-refractivity contribution in [1.82, 2.24) is 15.2 Å². The number of carbonyl (C=O) groups excluding carboxylic acids is 1. The average molecular weight is 299 g/mol. The van der Waals surface area contributed by atoms with Crippen molar-refractivity contribution in [2.24, 2.45) is 0 Å². The zero-order valence-corrected chi connectivity index (χ0v) is 13.8. The molecule has 6 nitrogen and oxygen atoms in total. The zero-order chi connectivity index (χ0) is 15.3. The van der Waals surface area contributed by atoms with Crippen LogP contribution in [-0.2, 0) is 0 Å². The van der Waals surface area contributed by atoms with Gasteiger partial charge in [-0.05, 0) is 27.4 Å². The Morgan fingerprint density at radius 3 is 2.65 bits per heavy atom. The Balaban J connectivity index is 2.73.